The molecule has 0 bridgehead atoms. The van der Waals surface area contributed by atoms with Gasteiger partial charge in [0, 0.05) is 19.1 Å². The molecule has 1 atom stereocenters. The molecule has 0 saturated carbocycles. The Labute approximate surface area is 183 Å². The molecule has 1 aliphatic rings. The van der Waals surface area contributed by atoms with E-state index in [4.69, 9.17) is 9.47 Å². The van der Waals surface area contributed by atoms with Crippen molar-refractivity contribution < 1.29 is 14.3 Å². The second-order valence-electron chi connectivity index (χ2n) is 7.98. The summed E-state index contributed by atoms with van der Waals surface area (Å²) in [5.74, 6) is 1.48. The Morgan fingerprint density at radius 3 is 2.65 bits per heavy atom. The van der Waals surface area contributed by atoms with E-state index in [1.54, 1.807) is 4.68 Å². The van der Waals surface area contributed by atoms with Gasteiger partial charge in [-0.2, -0.15) is 5.10 Å². The highest BCUT2D eigenvalue weighted by atomic mass is 16.7. The number of hydrogen-bond donors (Lipinski definition) is 0. The summed E-state index contributed by atoms with van der Waals surface area (Å²) in [7, 11) is 0. The SMILES string of the molecule is CCn1nc(C)cc1C(=O)N(Cc1ccc2c(c1)OCO2)C(C)CCc1ccccc1. The maximum Gasteiger partial charge on any atom is 0.272 e. The van der Waals surface area contributed by atoms with E-state index in [0.717, 1.165) is 35.6 Å². The zero-order valence-corrected chi connectivity index (χ0v) is 18.4. The first kappa shape index (κ1) is 21.0. The number of benzene rings is 2. The molecule has 0 radical (unpaired) electrons. The van der Waals surface area contributed by atoms with Gasteiger partial charge in [-0.3, -0.25) is 9.48 Å². The number of fused-ring (bicyclic) bond motifs is 1. The second-order valence-corrected chi connectivity index (χ2v) is 7.98. The van der Waals surface area contributed by atoms with Crippen LogP contribution in [0.2, 0.25) is 0 Å². The molecule has 0 N–H and O–H groups in total. The van der Waals surface area contributed by atoms with Crippen LogP contribution in [0.25, 0.3) is 0 Å². The molecule has 6 nitrogen and oxygen atoms in total. The lowest BCUT2D eigenvalue weighted by atomic mass is 10.0. The highest BCUT2D eigenvalue weighted by Crippen LogP contribution is 2.33. The van der Waals surface area contributed by atoms with Gasteiger partial charge in [0.05, 0.1) is 5.69 Å². The molecule has 4 rings (SSSR count). The van der Waals surface area contributed by atoms with Crippen LogP contribution in [0.3, 0.4) is 0 Å². The Bertz CT molecular complexity index is 1050. The summed E-state index contributed by atoms with van der Waals surface area (Å²) in [5.41, 5.74) is 3.78. The topological polar surface area (TPSA) is 56.6 Å². The fourth-order valence-electron chi connectivity index (χ4n) is 3.95. The number of carbonyl (C=O) groups excluding carboxylic acids is 1. The molecule has 1 aromatic heterocycles. The lowest BCUT2D eigenvalue weighted by Crippen LogP contribution is -2.39. The van der Waals surface area contributed by atoms with Crippen LogP contribution in [-0.2, 0) is 19.5 Å². The van der Waals surface area contributed by atoms with Crippen molar-refractivity contribution in [1.29, 1.82) is 0 Å². The lowest BCUT2D eigenvalue weighted by molar-refractivity contribution is 0.0654. The summed E-state index contributed by atoms with van der Waals surface area (Å²) in [6, 6.07) is 18.2. The van der Waals surface area contributed by atoms with Gasteiger partial charge in [-0.05, 0) is 62.9 Å². The molecule has 0 spiro atoms. The van der Waals surface area contributed by atoms with Crippen molar-refractivity contribution in [3.63, 3.8) is 0 Å². The van der Waals surface area contributed by atoms with Gasteiger partial charge in [-0.1, -0.05) is 36.4 Å². The third kappa shape index (κ3) is 4.74. The van der Waals surface area contributed by atoms with Crippen molar-refractivity contribution in [1.82, 2.24) is 14.7 Å². The number of hydrogen-bond acceptors (Lipinski definition) is 4. The van der Waals surface area contributed by atoms with Gasteiger partial charge in [-0.25, -0.2) is 0 Å². The summed E-state index contributed by atoms with van der Waals surface area (Å²) in [5, 5.41) is 4.47. The fraction of sp³-hybridized carbons (Fsp3) is 0.360. The predicted octanol–water partition coefficient (Wildman–Crippen LogP) is 4.60. The zero-order chi connectivity index (χ0) is 21.8. The maximum atomic E-state index is 13.6. The van der Waals surface area contributed by atoms with Gasteiger partial charge in [0.1, 0.15) is 5.69 Å². The average Bonchev–Trinajstić information content (AvgIpc) is 3.41. The van der Waals surface area contributed by atoms with Crippen LogP contribution in [0.15, 0.2) is 54.6 Å². The number of aromatic nitrogens is 2. The molecular weight excluding hydrogens is 390 g/mol. The first-order valence-corrected chi connectivity index (χ1v) is 10.8. The lowest BCUT2D eigenvalue weighted by Gasteiger charge is -2.30. The Hall–Kier alpha value is -3.28. The number of ether oxygens (including phenoxy) is 2. The Balaban J connectivity index is 1.58. The fourth-order valence-corrected chi connectivity index (χ4v) is 3.95. The number of amides is 1. The van der Waals surface area contributed by atoms with Crippen LogP contribution in [0.5, 0.6) is 11.5 Å². The molecule has 0 aliphatic carbocycles. The van der Waals surface area contributed by atoms with Crippen molar-refractivity contribution >= 4 is 5.91 Å². The van der Waals surface area contributed by atoms with E-state index in [1.165, 1.54) is 5.56 Å². The average molecular weight is 420 g/mol. The van der Waals surface area contributed by atoms with Crippen molar-refractivity contribution in [2.45, 2.75) is 52.7 Å². The normalized spacial score (nSPS) is 13.3. The Kier molecular flexibility index (Phi) is 6.26. The van der Waals surface area contributed by atoms with E-state index in [1.807, 2.05) is 49.1 Å². The first-order valence-electron chi connectivity index (χ1n) is 10.8. The van der Waals surface area contributed by atoms with Gasteiger partial charge >= 0.3 is 0 Å². The highest BCUT2D eigenvalue weighted by molar-refractivity contribution is 5.93. The third-order valence-corrected chi connectivity index (χ3v) is 5.70. The van der Waals surface area contributed by atoms with Crippen LogP contribution < -0.4 is 9.47 Å². The smallest absolute Gasteiger partial charge is 0.272 e. The molecule has 162 valence electrons. The zero-order valence-electron chi connectivity index (χ0n) is 18.4. The minimum absolute atomic E-state index is 0.000628. The van der Waals surface area contributed by atoms with Crippen molar-refractivity contribution in [2.75, 3.05) is 6.79 Å². The van der Waals surface area contributed by atoms with E-state index in [9.17, 15) is 4.79 Å². The predicted molar refractivity (Wildman–Crippen MR) is 119 cm³/mol. The summed E-state index contributed by atoms with van der Waals surface area (Å²) < 4.78 is 12.7. The molecule has 6 heteroatoms. The van der Waals surface area contributed by atoms with E-state index in [0.29, 0.717) is 18.8 Å². The minimum atomic E-state index is 0.000628. The van der Waals surface area contributed by atoms with Crippen LogP contribution in [-0.4, -0.2) is 33.4 Å². The number of aryl methyl sites for hydroxylation is 3. The van der Waals surface area contributed by atoms with E-state index < -0.39 is 0 Å². The minimum Gasteiger partial charge on any atom is -0.454 e. The molecule has 2 aromatic carbocycles. The van der Waals surface area contributed by atoms with Crippen LogP contribution in [0.4, 0.5) is 0 Å². The Morgan fingerprint density at radius 2 is 1.87 bits per heavy atom. The summed E-state index contributed by atoms with van der Waals surface area (Å²) in [6.07, 6.45) is 1.79. The molecule has 0 fully saturated rings. The van der Waals surface area contributed by atoms with Gasteiger partial charge in [0.25, 0.3) is 5.91 Å². The van der Waals surface area contributed by atoms with Gasteiger partial charge in [0.15, 0.2) is 11.5 Å². The molecule has 1 amide bonds. The molecule has 1 aliphatic heterocycles. The number of carbonyl (C=O) groups is 1. The molecule has 2 heterocycles. The molecule has 31 heavy (non-hydrogen) atoms. The summed E-state index contributed by atoms with van der Waals surface area (Å²) in [6.45, 7) is 7.44. The third-order valence-electron chi connectivity index (χ3n) is 5.70. The van der Waals surface area contributed by atoms with Crippen LogP contribution >= 0.6 is 0 Å². The summed E-state index contributed by atoms with van der Waals surface area (Å²) >= 11 is 0. The van der Waals surface area contributed by atoms with Crippen molar-refractivity contribution in [3.05, 3.63) is 77.1 Å². The molecule has 3 aromatic rings. The maximum absolute atomic E-state index is 13.6. The quantitative estimate of drug-likeness (QED) is 0.535. The van der Waals surface area contributed by atoms with Crippen molar-refractivity contribution in [2.24, 2.45) is 0 Å². The molecule has 1 unspecified atom stereocenters. The first-order chi connectivity index (χ1) is 15.0. The summed E-state index contributed by atoms with van der Waals surface area (Å²) in [4.78, 5) is 15.6. The van der Waals surface area contributed by atoms with Crippen molar-refractivity contribution in [3.8, 4) is 11.5 Å². The van der Waals surface area contributed by atoms with E-state index in [2.05, 4.69) is 36.3 Å². The standard InChI is InChI=1S/C25H29N3O3/c1-4-28-22(14-18(2)26-28)25(29)27(19(3)10-11-20-8-6-5-7-9-20)16-21-12-13-23-24(15-21)31-17-30-23/h5-9,12-15,19H,4,10-11,16-17H2,1-3H3. The van der Waals surface area contributed by atoms with Crippen LogP contribution in [0.1, 0.15) is 47.6 Å². The van der Waals surface area contributed by atoms with E-state index in [-0.39, 0.29) is 18.7 Å². The van der Waals surface area contributed by atoms with Gasteiger partial charge < -0.3 is 14.4 Å². The second kappa shape index (κ2) is 9.25. The Morgan fingerprint density at radius 1 is 1.10 bits per heavy atom. The number of rotatable bonds is 8. The molecule has 0 saturated heterocycles. The number of nitrogens with zero attached hydrogens (tertiary/aromatic N) is 3. The monoisotopic (exact) mass is 419 g/mol. The van der Waals surface area contributed by atoms with Gasteiger partial charge in [0.2, 0.25) is 6.79 Å². The molecular formula is C25H29N3O3. The largest absolute Gasteiger partial charge is 0.454 e. The van der Waals surface area contributed by atoms with Gasteiger partial charge in [-0.15, -0.1) is 0 Å². The van der Waals surface area contributed by atoms with E-state index >= 15 is 0 Å². The van der Waals surface area contributed by atoms with Crippen LogP contribution in [0, 0.1) is 6.92 Å². The highest BCUT2D eigenvalue weighted by Gasteiger charge is 2.26.